The van der Waals surface area contributed by atoms with Crippen LogP contribution in [-0.2, 0) is 4.79 Å². The van der Waals surface area contributed by atoms with Crippen LogP contribution in [0.25, 0.3) is 0 Å². The Morgan fingerprint density at radius 2 is 2.00 bits per heavy atom. The highest BCUT2D eigenvalue weighted by Gasteiger charge is 2.38. The summed E-state index contributed by atoms with van der Waals surface area (Å²) in [5.74, 6) is -0.401. The van der Waals surface area contributed by atoms with E-state index in [1.54, 1.807) is 30.4 Å². The van der Waals surface area contributed by atoms with Gasteiger partial charge in [-0.05, 0) is 18.9 Å². The van der Waals surface area contributed by atoms with E-state index in [-0.39, 0.29) is 5.57 Å². The van der Waals surface area contributed by atoms with Gasteiger partial charge in [0, 0.05) is 5.57 Å². The lowest BCUT2D eigenvalue weighted by atomic mass is 9.80. The van der Waals surface area contributed by atoms with Crippen LogP contribution in [-0.4, -0.2) is 27.7 Å². The molecule has 3 heteroatoms. The molecule has 0 saturated heterocycles. The van der Waals surface area contributed by atoms with E-state index < -0.39 is 17.5 Å². The number of ketones is 1. The number of hydrogen-bond acceptors (Lipinski definition) is 3. The molecule has 3 nitrogen and oxygen atoms in total. The van der Waals surface area contributed by atoms with Gasteiger partial charge in [-0.3, -0.25) is 4.79 Å². The zero-order chi connectivity index (χ0) is 11.6. The summed E-state index contributed by atoms with van der Waals surface area (Å²) in [7, 11) is 0. The van der Waals surface area contributed by atoms with Crippen molar-refractivity contribution in [3.8, 4) is 0 Å². The van der Waals surface area contributed by atoms with Gasteiger partial charge in [-0.25, -0.2) is 0 Å². The maximum atomic E-state index is 12.0. The lowest BCUT2D eigenvalue weighted by molar-refractivity contribution is -0.131. The summed E-state index contributed by atoms with van der Waals surface area (Å²) in [4.78, 5) is 12.0. The first-order chi connectivity index (χ1) is 7.63. The van der Waals surface area contributed by atoms with Crippen molar-refractivity contribution in [1.82, 2.24) is 0 Å². The zero-order valence-electron chi connectivity index (χ0n) is 8.84. The van der Waals surface area contributed by atoms with Crippen molar-refractivity contribution in [2.45, 2.75) is 24.5 Å². The third kappa shape index (κ3) is 1.92. The smallest absolute Gasteiger partial charge is 0.196 e. The van der Waals surface area contributed by atoms with E-state index in [1.165, 1.54) is 12.2 Å². The topological polar surface area (TPSA) is 57.5 Å². The quantitative estimate of drug-likeness (QED) is 0.639. The van der Waals surface area contributed by atoms with E-state index >= 15 is 0 Å². The fourth-order valence-electron chi connectivity index (χ4n) is 1.93. The molecule has 2 atom stereocenters. The van der Waals surface area contributed by atoms with E-state index in [2.05, 4.69) is 0 Å². The third-order valence-corrected chi connectivity index (χ3v) is 2.86. The average Bonchev–Trinajstić information content (AvgIpc) is 2.25. The second-order valence-corrected chi connectivity index (χ2v) is 4.03. The van der Waals surface area contributed by atoms with Crippen LogP contribution in [0.5, 0.6) is 0 Å². The van der Waals surface area contributed by atoms with Gasteiger partial charge >= 0.3 is 0 Å². The van der Waals surface area contributed by atoms with E-state index in [4.69, 9.17) is 0 Å². The van der Waals surface area contributed by atoms with Gasteiger partial charge in [0.05, 0.1) is 0 Å². The number of hydrogen-bond donors (Lipinski definition) is 2. The Labute approximate surface area is 94.1 Å². The molecule has 2 rings (SSSR count). The summed E-state index contributed by atoms with van der Waals surface area (Å²) in [6, 6.07) is 0. The second kappa shape index (κ2) is 4.20. The Balaban J connectivity index is 2.47. The Bertz CT molecular complexity index is 415. The Morgan fingerprint density at radius 1 is 1.25 bits per heavy atom. The van der Waals surface area contributed by atoms with E-state index in [1.807, 2.05) is 0 Å². The molecule has 2 aliphatic rings. The van der Waals surface area contributed by atoms with Gasteiger partial charge in [-0.15, -0.1) is 0 Å². The Kier molecular flexibility index (Phi) is 2.90. The van der Waals surface area contributed by atoms with Crippen LogP contribution < -0.4 is 0 Å². The average molecular weight is 218 g/mol. The second-order valence-electron chi connectivity index (χ2n) is 4.03. The maximum Gasteiger partial charge on any atom is 0.196 e. The third-order valence-electron chi connectivity index (χ3n) is 2.86. The van der Waals surface area contributed by atoms with Crippen LogP contribution in [0.2, 0.25) is 0 Å². The summed E-state index contributed by atoms with van der Waals surface area (Å²) in [5, 5.41) is 19.9. The minimum absolute atomic E-state index is 0.282. The summed E-state index contributed by atoms with van der Waals surface area (Å²) >= 11 is 0. The van der Waals surface area contributed by atoms with E-state index in [0.717, 1.165) is 0 Å². The van der Waals surface area contributed by atoms with Crippen LogP contribution in [0.1, 0.15) is 12.8 Å². The molecule has 2 aliphatic carbocycles. The van der Waals surface area contributed by atoms with Crippen LogP contribution in [0.4, 0.5) is 0 Å². The molecule has 0 saturated carbocycles. The molecule has 2 unspecified atom stereocenters. The molecule has 0 radical (unpaired) electrons. The molecule has 0 aromatic heterocycles. The number of aliphatic hydroxyl groups is 2. The number of fused-ring (bicyclic) bond motifs is 2. The fourth-order valence-corrected chi connectivity index (χ4v) is 1.93. The number of aliphatic hydroxyl groups excluding tert-OH is 1. The molecule has 16 heavy (non-hydrogen) atoms. The van der Waals surface area contributed by atoms with Gasteiger partial charge in [-0.2, -0.15) is 0 Å². The summed E-state index contributed by atoms with van der Waals surface area (Å²) in [5.41, 5.74) is -1.18. The lowest BCUT2D eigenvalue weighted by Crippen LogP contribution is -2.42. The monoisotopic (exact) mass is 218 g/mol. The highest BCUT2D eigenvalue weighted by Crippen LogP contribution is 2.28. The molecule has 0 amide bonds. The van der Waals surface area contributed by atoms with Crippen molar-refractivity contribution in [1.29, 1.82) is 0 Å². The van der Waals surface area contributed by atoms with Gasteiger partial charge in [0.1, 0.15) is 11.7 Å². The molecule has 0 spiro atoms. The molecule has 0 aromatic carbocycles. The van der Waals surface area contributed by atoms with E-state index in [0.29, 0.717) is 12.8 Å². The van der Waals surface area contributed by atoms with Gasteiger partial charge < -0.3 is 10.2 Å². The maximum absolute atomic E-state index is 12.0. The number of rotatable bonds is 0. The zero-order valence-corrected chi connectivity index (χ0v) is 8.84. The molecule has 2 bridgehead atoms. The first-order valence-electron chi connectivity index (χ1n) is 5.31. The predicted molar refractivity (Wildman–Crippen MR) is 60.7 cm³/mol. The number of allylic oxidation sites excluding steroid dienone is 5. The van der Waals surface area contributed by atoms with Crippen molar-refractivity contribution >= 4 is 5.78 Å². The largest absolute Gasteiger partial charge is 0.384 e. The molecule has 0 aromatic rings. The highest BCUT2D eigenvalue weighted by molar-refractivity contribution is 6.05. The summed E-state index contributed by atoms with van der Waals surface area (Å²) in [6.07, 6.45) is 11.6. The van der Waals surface area contributed by atoms with Crippen LogP contribution in [0.3, 0.4) is 0 Å². The summed E-state index contributed by atoms with van der Waals surface area (Å²) < 4.78 is 0. The molecule has 2 N–H and O–H groups in total. The first-order valence-corrected chi connectivity index (χ1v) is 5.31. The number of carbonyl (C=O) groups is 1. The van der Waals surface area contributed by atoms with Crippen LogP contribution in [0, 0.1) is 0 Å². The summed E-state index contributed by atoms with van der Waals surface area (Å²) in [6.45, 7) is 0. The molecule has 84 valence electrons. The van der Waals surface area contributed by atoms with Crippen LogP contribution >= 0.6 is 0 Å². The van der Waals surface area contributed by atoms with Gasteiger partial charge in [-0.1, -0.05) is 36.5 Å². The molecular weight excluding hydrogens is 204 g/mol. The fraction of sp³-hybridized carbons (Fsp3) is 0.308. The Hall–Kier alpha value is -1.45. The van der Waals surface area contributed by atoms with Gasteiger partial charge in [0.15, 0.2) is 5.78 Å². The minimum atomic E-state index is -1.46. The highest BCUT2D eigenvalue weighted by atomic mass is 16.3. The van der Waals surface area contributed by atoms with Crippen LogP contribution in [0.15, 0.2) is 48.1 Å². The lowest BCUT2D eigenvalue weighted by Gasteiger charge is -2.29. The van der Waals surface area contributed by atoms with Crippen molar-refractivity contribution in [3.63, 3.8) is 0 Å². The van der Waals surface area contributed by atoms with Crippen molar-refractivity contribution in [3.05, 3.63) is 48.1 Å². The minimum Gasteiger partial charge on any atom is -0.384 e. The molecule has 0 heterocycles. The predicted octanol–water partition coefficient (Wildman–Crippen LogP) is 1.05. The molecule has 0 aliphatic heterocycles. The number of Topliss-reactive ketones (excluding diaryl/α,β-unsaturated/α-hetero) is 1. The number of carbonyl (C=O) groups excluding carboxylic acids is 1. The normalized spacial score (nSPS) is 33.8. The standard InChI is InChI=1S/C13H14O3/c14-11-7-3-1-2-4-8-13(16)9-5-6-10(11)12(13)15/h1-4,6-8,11,14,16H,5,9H2. The van der Waals surface area contributed by atoms with Gasteiger partial charge in [0.25, 0.3) is 0 Å². The first kappa shape index (κ1) is 11.0. The Morgan fingerprint density at radius 3 is 2.81 bits per heavy atom. The molecule has 0 fully saturated rings. The van der Waals surface area contributed by atoms with E-state index in [9.17, 15) is 15.0 Å². The molecular formula is C13H14O3. The van der Waals surface area contributed by atoms with Gasteiger partial charge in [0.2, 0.25) is 0 Å². The van der Waals surface area contributed by atoms with Crippen molar-refractivity contribution < 1.29 is 15.0 Å². The SMILES string of the molecule is O=C1C2=CCCC1(O)C=CC=CC=CC2O. The van der Waals surface area contributed by atoms with Crippen molar-refractivity contribution in [2.24, 2.45) is 0 Å². The van der Waals surface area contributed by atoms with Crippen molar-refractivity contribution in [2.75, 3.05) is 0 Å².